The van der Waals surface area contributed by atoms with Gasteiger partial charge < -0.3 is 19.4 Å². The molecule has 0 radical (unpaired) electrons. The SMILES string of the molecule is Cc1cc(C(=O)N2CCC3(CC2)OCCO3)cc(=O)[nH]1. The van der Waals surface area contributed by atoms with Gasteiger partial charge in [0.25, 0.3) is 5.91 Å². The van der Waals surface area contributed by atoms with Crippen molar-refractivity contribution >= 4 is 5.91 Å². The van der Waals surface area contributed by atoms with Crippen molar-refractivity contribution in [3.05, 3.63) is 33.7 Å². The van der Waals surface area contributed by atoms with Gasteiger partial charge in [-0.1, -0.05) is 0 Å². The lowest BCUT2D eigenvalue weighted by Crippen LogP contribution is -2.47. The molecule has 1 amide bonds. The van der Waals surface area contributed by atoms with Crippen molar-refractivity contribution in [1.29, 1.82) is 0 Å². The van der Waals surface area contributed by atoms with Crippen molar-refractivity contribution in [2.24, 2.45) is 0 Å². The van der Waals surface area contributed by atoms with E-state index in [0.29, 0.717) is 50.4 Å². The summed E-state index contributed by atoms with van der Waals surface area (Å²) < 4.78 is 11.3. The number of rotatable bonds is 1. The molecule has 2 saturated heterocycles. The van der Waals surface area contributed by atoms with Gasteiger partial charge in [-0.15, -0.1) is 0 Å². The van der Waals surface area contributed by atoms with Crippen LogP contribution < -0.4 is 5.56 Å². The topological polar surface area (TPSA) is 71.6 Å². The highest BCUT2D eigenvalue weighted by Gasteiger charge is 2.40. The van der Waals surface area contributed by atoms with Gasteiger partial charge in [0, 0.05) is 43.3 Å². The number of nitrogens with one attached hydrogen (secondary N) is 1. The van der Waals surface area contributed by atoms with Gasteiger partial charge in [-0.2, -0.15) is 0 Å². The Kier molecular flexibility index (Phi) is 3.35. The van der Waals surface area contributed by atoms with Gasteiger partial charge in [-0.3, -0.25) is 9.59 Å². The number of pyridine rings is 1. The first-order valence-corrected chi connectivity index (χ1v) is 6.86. The minimum Gasteiger partial charge on any atom is -0.347 e. The molecule has 0 aliphatic carbocycles. The maximum atomic E-state index is 12.4. The highest BCUT2D eigenvalue weighted by atomic mass is 16.7. The first-order chi connectivity index (χ1) is 9.58. The lowest BCUT2D eigenvalue weighted by Gasteiger charge is -2.37. The summed E-state index contributed by atoms with van der Waals surface area (Å²) in [6, 6.07) is 3.05. The van der Waals surface area contributed by atoms with E-state index < -0.39 is 5.79 Å². The standard InChI is InChI=1S/C14H18N2O4/c1-10-8-11(9-12(17)15-10)13(18)16-4-2-14(3-5-16)19-6-7-20-14/h8-9H,2-7H2,1H3,(H,15,17). The fourth-order valence-corrected chi connectivity index (χ4v) is 2.82. The number of nitrogens with zero attached hydrogens (tertiary/aromatic N) is 1. The number of hydrogen-bond acceptors (Lipinski definition) is 4. The zero-order valence-electron chi connectivity index (χ0n) is 11.5. The van der Waals surface area contributed by atoms with E-state index in [-0.39, 0.29) is 11.5 Å². The lowest BCUT2D eigenvalue weighted by atomic mass is 10.0. The smallest absolute Gasteiger partial charge is 0.254 e. The van der Waals surface area contributed by atoms with Crippen LogP contribution in [0.2, 0.25) is 0 Å². The average Bonchev–Trinajstić information content (AvgIpc) is 2.86. The number of amides is 1. The van der Waals surface area contributed by atoms with Gasteiger partial charge in [0.2, 0.25) is 5.56 Å². The second-order valence-electron chi connectivity index (χ2n) is 5.32. The molecule has 2 aliphatic rings. The third-order valence-electron chi connectivity index (χ3n) is 3.85. The summed E-state index contributed by atoms with van der Waals surface area (Å²) in [5.74, 6) is -0.590. The monoisotopic (exact) mass is 278 g/mol. The maximum Gasteiger partial charge on any atom is 0.254 e. The normalized spacial score (nSPS) is 21.4. The minimum atomic E-state index is -0.485. The van der Waals surface area contributed by atoms with Crippen LogP contribution in [-0.2, 0) is 9.47 Å². The molecular formula is C14H18N2O4. The van der Waals surface area contributed by atoms with Gasteiger partial charge in [0.15, 0.2) is 5.79 Å². The van der Waals surface area contributed by atoms with Crippen LogP contribution in [0.5, 0.6) is 0 Å². The van der Waals surface area contributed by atoms with Gasteiger partial charge in [0.1, 0.15) is 0 Å². The van der Waals surface area contributed by atoms with Crippen LogP contribution in [0.1, 0.15) is 28.9 Å². The van der Waals surface area contributed by atoms with Crippen molar-refractivity contribution < 1.29 is 14.3 Å². The molecule has 2 fully saturated rings. The maximum absolute atomic E-state index is 12.4. The molecule has 6 heteroatoms. The van der Waals surface area contributed by atoms with Crippen LogP contribution in [0.15, 0.2) is 16.9 Å². The molecule has 0 atom stereocenters. The number of carbonyl (C=O) groups excluding carboxylic acids is 1. The van der Waals surface area contributed by atoms with E-state index in [4.69, 9.17) is 9.47 Å². The number of hydrogen-bond donors (Lipinski definition) is 1. The van der Waals surface area contributed by atoms with Crippen LogP contribution in [0.4, 0.5) is 0 Å². The summed E-state index contributed by atoms with van der Waals surface area (Å²) >= 11 is 0. The quantitative estimate of drug-likeness (QED) is 0.819. The molecule has 108 valence electrons. The van der Waals surface area contributed by atoms with E-state index >= 15 is 0 Å². The molecule has 3 rings (SSSR count). The molecule has 0 aromatic carbocycles. The molecule has 0 unspecified atom stereocenters. The van der Waals surface area contributed by atoms with Crippen molar-refractivity contribution in [1.82, 2.24) is 9.88 Å². The third-order valence-corrected chi connectivity index (χ3v) is 3.85. The number of aromatic nitrogens is 1. The summed E-state index contributed by atoms with van der Waals surface area (Å²) in [5, 5.41) is 0. The Morgan fingerprint density at radius 3 is 2.50 bits per heavy atom. The summed E-state index contributed by atoms with van der Waals surface area (Å²) in [7, 11) is 0. The molecule has 1 aromatic heterocycles. The predicted molar refractivity (Wildman–Crippen MR) is 71.6 cm³/mol. The van der Waals surface area contributed by atoms with Crippen molar-refractivity contribution in [3.63, 3.8) is 0 Å². The van der Waals surface area contributed by atoms with Gasteiger partial charge in [-0.25, -0.2) is 0 Å². The Balaban J connectivity index is 1.71. The molecule has 3 heterocycles. The minimum absolute atomic E-state index is 0.105. The number of aryl methyl sites for hydroxylation is 1. The van der Waals surface area contributed by atoms with Crippen molar-refractivity contribution in [3.8, 4) is 0 Å². The summed E-state index contributed by atoms with van der Waals surface area (Å²) in [4.78, 5) is 28.2. The van der Waals surface area contributed by atoms with Crippen molar-refractivity contribution in [2.45, 2.75) is 25.6 Å². The van der Waals surface area contributed by atoms with E-state index in [1.807, 2.05) is 0 Å². The average molecular weight is 278 g/mol. The Morgan fingerprint density at radius 1 is 1.25 bits per heavy atom. The van der Waals surface area contributed by atoms with Crippen LogP contribution >= 0.6 is 0 Å². The molecule has 0 bridgehead atoms. The van der Waals surface area contributed by atoms with Crippen LogP contribution in [0.25, 0.3) is 0 Å². The molecular weight excluding hydrogens is 260 g/mol. The van der Waals surface area contributed by atoms with Crippen LogP contribution in [0, 0.1) is 6.92 Å². The van der Waals surface area contributed by atoms with Crippen LogP contribution in [0.3, 0.4) is 0 Å². The Labute approximate surface area is 116 Å². The lowest BCUT2D eigenvalue weighted by molar-refractivity contribution is -0.181. The number of carbonyl (C=O) groups is 1. The van der Waals surface area contributed by atoms with E-state index in [9.17, 15) is 9.59 Å². The number of H-pyrrole nitrogens is 1. The number of likely N-dealkylation sites (tertiary alicyclic amines) is 1. The predicted octanol–water partition coefficient (Wildman–Crippen LogP) is 0.662. The summed E-state index contributed by atoms with van der Waals surface area (Å²) in [6.45, 7) is 4.20. The fourth-order valence-electron chi connectivity index (χ4n) is 2.82. The number of ether oxygens (including phenoxy) is 2. The van der Waals surface area contributed by atoms with E-state index in [2.05, 4.69) is 4.98 Å². The van der Waals surface area contributed by atoms with Crippen LogP contribution in [-0.4, -0.2) is 47.9 Å². The molecule has 2 aliphatic heterocycles. The van der Waals surface area contributed by atoms with E-state index in [1.54, 1.807) is 17.9 Å². The highest BCUT2D eigenvalue weighted by molar-refractivity contribution is 5.94. The van der Waals surface area contributed by atoms with Crippen molar-refractivity contribution in [2.75, 3.05) is 26.3 Å². The molecule has 6 nitrogen and oxygen atoms in total. The Bertz CT molecular complexity index is 565. The molecule has 1 aromatic rings. The molecule has 1 spiro atoms. The third kappa shape index (κ3) is 2.48. The molecule has 0 saturated carbocycles. The van der Waals surface area contributed by atoms with Gasteiger partial charge in [-0.05, 0) is 13.0 Å². The first-order valence-electron chi connectivity index (χ1n) is 6.86. The summed E-state index contributed by atoms with van der Waals surface area (Å²) in [6.07, 6.45) is 1.36. The number of aromatic amines is 1. The zero-order chi connectivity index (χ0) is 14.2. The number of piperidine rings is 1. The highest BCUT2D eigenvalue weighted by Crippen LogP contribution is 2.31. The first kappa shape index (κ1) is 13.3. The molecule has 1 N–H and O–H groups in total. The fraction of sp³-hybridized carbons (Fsp3) is 0.571. The largest absolute Gasteiger partial charge is 0.347 e. The Morgan fingerprint density at radius 2 is 1.90 bits per heavy atom. The zero-order valence-corrected chi connectivity index (χ0v) is 11.5. The summed E-state index contributed by atoms with van der Waals surface area (Å²) in [5.41, 5.74) is 0.886. The van der Waals surface area contributed by atoms with E-state index in [0.717, 1.165) is 0 Å². The van der Waals surface area contributed by atoms with Gasteiger partial charge in [0.05, 0.1) is 13.2 Å². The second kappa shape index (κ2) is 5.03. The Hall–Kier alpha value is -1.66. The van der Waals surface area contributed by atoms with Gasteiger partial charge >= 0.3 is 0 Å². The second-order valence-corrected chi connectivity index (χ2v) is 5.32. The van der Waals surface area contributed by atoms with E-state index in [1.165, 1.54) is 6.07 Å². The molecule has 20 heavy (non-hydrogen) atoms.